The van der Waals surface area contributed by atoms with Gasteiger partial charge in [0.1, 0.15) is 0 Å². The molecule has 0 saturated carbocycles. The standard InChI is InChI=1S/C18H20Cl2N2O3S/c1-11(2)22-26(24,25)15-7-4-13(5-8-15)18(23)21-12(3)16-9-6-14(19)10-17(16)20/h4-12,22H,1-3H3,(H,21,23). The van der Waals surface area contributed by atoms with Crippen LogP contribution in [-0.2, 0) is 10.0 Å². The summed E-state index contributed by atoms with van der Waals surface area (Å²) in [6.07, 6.45) is 0. The molecule has 1 amide bonds. The number of hydrogen-bond acceptors (Lipinski definition) is 3. The summed E-state index contributed by atoms with van der Waals surface area (Å²) in [5, 5.41) is 3.81. The summed E-state index contributed by atoms with van der Waals surface area (Å²) >= 11 is 12.0. The molecule has 0 bridgehead atoms. The molecule has 0 aliphatic rings. The summed E-state index contributed by atoms with van der Waals surface area (Å²) in [5.41, 5.74) is 1.09. The third-order valence-electron chi connectivity index (χ3n) is 3.59. The molecule has 2 N–H and O–H groups in total. The van der Waals surface area contributed by atoms with Gasteiger partial charge in [0.15, 0.2) is 0 Å². The second kappa shape index (κ2) is 8.39. The Morgan fingerprint density at radius 3 is 2.15 bits per heavy atom. The fourth-order valence-electron chi connectivity index (χ4n) is 2.37. The highest BCUT2D eigenvalue weighted by molar-refractivity contribution is 7.89. The first-order valence-electron chi connectivity index (χ1n) is 7.98. The Morgan fingerprint density at radius 2 is 1.62 bits per heavy atom. The van der Waals surface area contributed by atoms with Crippen LogP contribution in [0.5, 0.6) is 0 Å². The van der Waals surface area contributed by atoms with Crippen LogP contribution in [0.4, 0.5) is 0 Å². The van der Waals surface area contributed by atoms with Crippen LogP contribution in [0.3, 0.4) is 0 Å². The molecule has 0 aromatic heterocycles. The summed E-state index contributed by atoms with van der Waals surface area (Å²) in [6.45, 7) is 5.28. The molecule has 140 valence electrons. The highest BCUT2D eigenvalue weighted by Gasteiger charge is 2.17. The van der Waals surface area contributed by atoms with Crippen LogP contribution in [0, 0.1) is 0 Å². The maximum absolute atomic E-state index is 12.4. The number of carbonyl (C=O) groups is 1. The molecule has 0 spiro atoms. The van der Waals surface area contributed by atoms with Gasteiger partial charge >= 0.3 is 0 Å². The molecule has 26 heavy (non-hydrogen) atoms. The van der Waals surface area contributed by atoms with E-state index >= 15 is 0 Å². The topological polar surface area (TPSA) is 75.3 Å². The van der Waals surface area contributed by atoms with E-state index in [9.17, 15) is 13.2 Å². The molecule has 0 aliphatic heterocycles. The number of sulfonamides is 1. The minimum absolute atomic E-state index is 0.108. The Balaban J connectivity index is 2.13. The Hall–Kier alpha value is -1.60. The third-order valence-corrected chi connectivity index (χ3v) is 5.83. The lowest BCUT2D eigenvalue weighted by molar-refractivity contribution is 0.0940. The van der Waals surface area contributed by atoms with Crippen molar-refractivity contribution >= 4 is 39.1 Å². The summed E-state index contributed by atoms with van der Waals surface area (Å²) in [6, 6.07) is 10.3. The van der Waals surface area contributed by atoms with E-state index in [1.165, 1.54) is 24.3 Å². The van der Waals surface area contributed by atoms with Gasteiger partial charge in [-0.1, -0.05) is 29.3 Å². The van der Waals surface area contributed by atoms with Crippen LogP contribution in [0.25, 0.3) is 0 Å². The summed E-state index contributed by atoms with van der Waals surface area (Å²) in [5.74, 6) is -0.329. The number of nitrogens with one attached hydrogen (secondary N) is 2. The quantitative estimate of drug-likeness (QED) is 0.744. The molecule has 8 heteroatoms. The molecule has 0 radical (unpaired) electrons. The van der Waals surface area contributed by atoms with Gasteiger partial charge in [-0.3, -0.25) is 4.79 Å². The Morgan fingerprint density at radius 1 is 1.00 bits per heavy atom. The van der Waals surface area contributed by atoms with Crippen LogP contribution < -0.4 is 10.0 Å². The van der Waals surface area contributed by atoms with Gasteiger partial charge < -0.3 is 5.32 Å². The maximum Gasteiger partial charge on any atom is 0.251 e. The Labute approximate surface area is 163 Å². The zero-order valence-electron chi connectivity index (χ0n) is 14.6. The van der Waals surface area contributed by atoms with Gasteiger partial charge in [-0.2, -0.15) is 0 Å². The number of hydrogen-bond donors (Lipinski definition) is 2. The van der Waals surface area contributed by atoms with Crippen molar-refractivity contribution < 1.29 is 13.2 Å². The van der Waals surface area contributed by atoms with E-state index in [1.807, 2.05) is 0 Å². The third kappa shape index (κ3) is 5.20. The average Bonchev–Trinajstić information content (AvgIpc) is 2.53. The van der Waals surface area contributed by atoms with E-state index in [1.54, 1.807) is 39.0 Å². The molecular weight excluding hydrogens is 395 g/mol. The minimum Gasteiger partial charge on any atom is -0.345 e. The lowest BCUT2D eigenvalue weighted by atomic mass is 10.1. The molecule has 0 saturated heterocycles. The van der Waals surface area contributed by atoms with Crippen molar-refractivity contribution in [3.63, 3.8) is 0 Å². The predicted molar refractivity (Wildman–Crippen MR) is 104 cm³/mol. The van der Waals surface area contributed by atoms with Gasteiger partial charge in [0.05, 0.1) is 10.9 Å². The average molecular weight is 415 g/mol. The first-order valence-corrected chi connectivity index (χ1v) is 10.2. The molecule has 2 rings (SSSR count). The van der Waals surface area contributed by atoms with Crippen LogP contribution in [0.15, 0.2) is 47.4 Å². The van der Waals surface area contributed by atoms with Crippen molar-refractivity contribution in [3.8, 4) is 0 Å². The Kier molecular flexibility index (Phi) is 6.69. The number of amides is 1. The van der Waals surface area contributed by atoms with Crippen molar-refractivity contribution in [1.29, 1.82) is 0 Å². The van der Waals surface area contributed by atoms with Gasteiger partial charge in [0, 0.05) is 21.7 Å². The van der Waals surface area contributed by atoms with E-state index in [2.05, 4.69) is 10.0 Å². The van der Waals surface area contributed by atoms with Gasteiger partial charge in [0.2, 0.25) is 10.0 Å². The number of halogens is 2. The zero-order valence-corrected chi connectivity index (χ0v) is 16.9. The second-order valence-corrected chi connectivity index (χ2v) is 8.72. The van der Waals surface area contributed by atoms with E-state index in [-0.39, 0.29) is 22.9 Å². The van der Waals surface area contributed by atoms with Crippen LogP contribution in [0.2, 0.25) is 10.0 Å². The minimum atomic E-state index is -3.59. The summed E-state index contributed by atoms with van der Waals surface area (Å²) < 4.78 is 26.7. The van der Waals surface area contributed by atoms with E-state index < -0.39 is 10.0 Å². The fourth-order valence-corrected chi connectivity index (χ4v) is 4.20. The SMILES string of the molecule is CC(C)NS(=O)(=O)c1ccc(C(=O)NC(C)c2ccc(Cl)cc2Cl)cc1. The molecule has 1 atom stereocenters. The lowest BCUT2D eigenvalue weighted by Gasteiger charge is -2.16. The molecule has 2 aromatic carbocycles. The molecule has 1 unspecified atom stereocenters. The van der Waals surface area contributed by atoms with Crippen molar-refractivity contribution in [3.05, 3.63) is 63.6 Å². The normalized spacial score (nSPS) is 12.8. The van der Waals surface area contributed by atoms with Crippen LogP contribution in [0.1, 0.15) is 42.7 Å². The van der Waals surface area contributed by atoms with Gasteiger partial charge in [-0.25, -0.2) is 13.1 Å². The first kappa shape index (κ1) is 20.7. The van der Waals surface area contributed by atoms with Gasteiger partial charge in [0.25, 0.3) is 5.91 Å². The van der Waals surface area contributed by atoms with Crippen molar-refractivity contribution in [1.82, 2.24) is 10.0 Å². The van der Waals surface area contributed by atoms with E-state index in [0.29, 0.717) is 15.6 Å². The number of rotatable bonds is 6. The molecule has 2 aromatic rings. The number of benzene rings is 2. The molecule has 5 nitrogen and oxygen atoms in total. The van der Waals surface area contributed by atoms with E-state index in [4.69, 9.17) is 23.2 Å². The van der Waals surface area contributed by atoms with Crippen molar-refractivity contribution in [2.45, 2.75) is 37.8 Å². The molecule has 0 fully saturated rings. The highest BCUT2D eigenvalue weighted by atomic mass is 35.5. The van der Waals surface area contributed by atoms with Crippen molar-refractivity contribution in [2.75, 3.05) is 0 Å². The van der Waals surface area contributed by atoms with Crippen LogP contribution in [-0.4, -0.2) is 20.4 Å². The smallest absolute Gasteiger partial charge is 0.251 e. The highest BCUT2D eigenvalue weighted by Crippen LogP contribution is 2.26. The molecule has 0 heterocycles. The fraction of sp³-hybridized carbons (Fsp3) is 0.278. The Bertz CT molecular complexity index is 897. The van der Waals surface area contributed by atoms with E-state index in [0.717, 1.165) is 5.56 Å². The van der Waals surface area contributed by atoms with Gasteiger partial charge in [-0.15, -0.1) is 0 Å². The maximum atomic E-state index is 12.4. The van der Waals surface area contributed by atoms with Gasteiger partial charge in [-0.05, 0) is 62.7 Å². The second-order valence-electron chi connectivity index (χ2n) is 6.16. The zero-order chi connectivity index (χ0) is 19.5. The summed E-state index contributed by atoms with van der Waals surface area (Å²) in [7, 11) is -3.59. The first-order chi connectivity index (χ1) is 12.1. The van der Waals surface area contributed by atoms with Crippen LogP contribution >= 0.6 is 23.2 Å². The molecule has 0 aliphatic carbocycles. The monoisotopic (exact) mass is 414 g/mol. The lowest BCUT2D eigenvalue weighted by Crippen LogP contribution is -2.30. The predicted octanol–water partition coefficient (Wildman–Crippen LogP) is 4.17. The number of carbonyl (C=O) groups excluding carboxylic acids is 1. The largest absolute Gasteiger partial charge is 0.345 e. The summed E-state index contributed by atoms with van der Waals surface area (Å²) in [4.78, 5) is 12.5. The van der Waals surface area contributed by atoms with Crippen molar-refractivity contribution in [2.24, 2.45) is 0 Å². The molecular formula is C18H20Cl2N2O3S.